The summed E-state index contributed by atoms with van der Waals surface area (Å²) in [5.41, 5.74) is 0. The van der Waals surface area contributed by atoms with Gasteiger partial charge >= 0.3 is 5.97 Å². The summed E-state index contributed by atoms with van der Waals surface area (Å²) >= 11 is 0. The molecule has 0 aliphatic rings. The van der Waals surface area contributed by atoms with Gasteiger partial charge in [-0.15, -0.1) is 0 Å². The minimum Gasteiger partial charge on any atom is -0.480 e. The summed E-state index contributed by atoms with van der Waals surface area (Å²) in [7, 11) is 0. The molecule has 3 nitrogen and oxygen atoms in total. The van der Waals surface area contributed by atoms with E-state index in [0.29, 0.717) is 0 Å². The van der Waals surface area contributed by atoms with E-state index in [4.69, 9.17) is 5.11 Å². The van der Waals surface area contributed by atoms with E-state index in [1.54, 1.807) is 0 Å². The topological polar surface area (TPSA) is 49.3 Å². The molecule has 0 aromatic rings. The van der Waals surface area contributed by atoms with Crippen LogP contribution in [-0.2, 0) is 4.79 Å². The number of carboxylic acid groups (broad SMARTS) is 1. The van der Waals surface area contributed by atoms with Crippen LogP contribution in [0.15, 0.2) is 0 Å². The van der Waals surface area contributed by atoms with Crippen molar-refractivity contribution in [1.82, 2.24) is 5.32 Å². The normalized spacial score (nSPS) is 8.78. The quantitative estimate of drug-likeness (QED) is 0.551. The van der Waals surface area contributed by atoms with Crippen molar-refractivity contribution < 1.29 is 9.90 Å². The average Bonchev–Trinajstić information content (AvgIpc) is 1.61. The van der Waals surface area contributed by atoms with E-state index in [9.17, 15) is 4.79 Å². The molecule has 9 heavy (non-hydrogen) atoms. The maximum absolute atomic E-state index is 9.84. The number of nitrogens with one attached hydrogen (secondary N) is 1. The Labute approximate surface area is 97.6 Å². The zero-order valence-corrected chi connectivity index (χ0v) is 9.26. The Morgan fingerprint density at radius 1 is 1.67 bits per heavy atom. The van der Waals surface area contributed by atoms with Gasteiger partial charge in [0.05, 0.1) is 6.54 Å². The Morgan fingerprint density at radius 3 is 2.22 bits per heavy atom. The van der Waals surface area contributed by atoms with Gasteiger partial charge in [-0.2, -0.15) is 0 Å². The van der Waals surface area contributed by atoms with Gasteiger partial charge in [-0.05, 0) is 0 Å². The maximum atomic E-state index is 9.84. The van der Waals surface area contributed by atoms with Gasteiger partial charge in [0, 0.05) is 57.4 Å². The zero-order chi connectivity index (χ0) is 6.57. The summed E-state index contributed by atoms with van der Waals surface area (Å²) in [5.74, 6) is -0.807. The first-order chi connectivity index (χ1) is 3.63. The van der Waals surface area contributed by atoms with Gasteiger partial charge in [0.1, 0.15) is 0 Å². The molecule has 0 unspecified atom stereocenters. The molecular formula is C5H11KNO2. The summed E-state index contributed by atoms with van der Waals surface area (Å²) in [5, 5.41) is 10.8. The standard InChI is InChI=1S/C5H11NO2.K/c1-4(2)6-3-5(7)8;/h4,6H,3H2,1-2H3,(H,7,8);. The third-order valence-corrected chi connectivity index (χ3v) is 0.662. The second kappa shape index (κ2) is 7.18. The molecule has 0 atom stereocenters. The van der Waals surface area contributed by atoms with E-state index >= 15 is 0 Å². The van der Waals surface area contributed by atoms with E-state index < -0.39 is 5.97 Å². The van der Waals surface area contributed by atoms with Crippen LogP contribution in [0.3, 0.4) is 0 Å². The van der Waals surface area contributed by atoms with Crippen molar-refractivity contribution in [2.75, 3.05) is 6.54 Å². The van der Waals surface area contributed by atoms with Gasteiger partial charge in [-0.25, -0.2) is 0 Å². The first-order valence-electron chi connectivity index (χ1n) is 2.58. The predicted octanol–water partition coefficient (Wildman–Crippen LogP) is -0.312. The van der Waals surface area contributed by atoms with Crippen molar-refractivity contribution >= 4 is 57.4 Å². The molecule has 1 radical (unpaired) electrons. The van der Waals surface area contributed by atoms with Crippen molar-refractivity contribution in [3.8, 4) is 0 Å². The second-order valence-corrected chi connectivity index (χ2v) is 1.93. The number of rotatable bonds is 3. The molecular weight excluding hydrogens is 145 g/mol. The molecule has 0 saturated heterocycles. The zero-order valence-electron chi connectivity index (χ0n) is 6.14. The minimum atomic E-state index is -0.807. The number of carbonyl (C=O) groups is 1. The van der Waals surface area contributed by atoms with Gasteiger partial charge in [0.2, 0.25) is 0 Å². The van der Waals surface area contributed by atoms with E-state index in [2.05, 4.69) is 5.32 Å². The van der Waals surface area contributed by atoms with Crippen LogP contribution in [-0.4, -0.2) is 75.0 Å². The molecule has 0 saturated carbocycles. The summed E-state index contributed by atoms with van der Waals surface area (Å²) in [4.78, 5) is 9.84. The Balaban J connectivity index is 0. The predicted molar refractivity (Wildman–Crippen MR) is 36.5 cm³/mol. The van der Waals surface area contributed by atoms with E-state index in [1.165, 1.54) is 0 Å². The van der Waals surface area contributed by atoms with Crippen molar-refractivity contribution in [3.05, 3.63) is 0 Å². The molecule has 4 heteroatoms. The molecule has 0 heterocycles. The first-order valence-corrected chi connectivity index (χ1v) is 2.58. The first kappa shape index (κ1) is 12.7. The third kappa shape index (κ3) is 12.3. The fourth-order valence-electron chi connectivity index (χ4n) is 0.291. The number of hydrogen-bond acceptors (Lipinski definition) is 2. The van der Waals surface area contributed by atoms with Gasteiger partial charge in [0.25, 0.3) is 0 Å². The van der Waals surface area contributed by atoms with Crippen LogP contribution < -0.4 is 5.32 Å². The molecule has 0 bridgehead atoms. The minimum absolute atomic E-state index is 0. The Hall–Kier alpha value is 1.07. The molecule has 49 valence electrons. The summed E-state index contributed by atoms with van der Waals surface area (Å²) < 4.78 is 0. The maximum Gasteiger partial charge on any atom is 0.317 e. The Kier molecular flexibility index (Phi) is 10.1. The number of aliphatic carboxylic acids is 1. The van der Waals surface area contributed by atoms with Crippen LogP contribution in [0.25, 0.3) is 0 Å². The van der Waals surface area contributed by atoms with Gasteiger partial charge in [0.15, 0.2) is 0 Å². The van der Waals surface area contributed by atoms with Crippen molar-refractivity contribution in [1.29, 1.82) is 0 Å². The van der Waals surface area contributed by atoms with Crippen LogP contribution >= 0.6 is 0 Å². The summed E-state index contributed by atoms with van der Waals surface area (Å²) in [6.45, 7) is 3.86. The molecule has 0 aromatic heterocycles. The molecule has 2 N–H and O–H groups in total. The number of hydrogen-bond donors (Lipinski definition) is 2. The molecule has 0 amide bonds. The molecule has 0 aliphatic heterocycles. The van der Waals surface area contributed by atoms with Crippen LogP contribution in [0, 0.1) is 0 Å². The molecule has 0 fully saturated rings. The van der Waals surface area contributed by atoms with Crippen molar-refractivity contribution in [2.45, 2.75) is 19.9 Å². The fourth-order valence-corrected chi connectivity index (χ4v) is 0.291. The Morgan fingerprint density at radius 2 is 2.11 bits per heavy atom. The van der Waals surface area contributed by atoms with E-state index in [1.807, 2.05) is 13.8 Å². The second-order valence-electron chi connectivity index (χ2n) is 1.93. The van der Waals surface area contributed by atoms with E-state index in [-0.39, 0.29) is 64.0 Å². The molecule has 0 aliphatic carbocycles. The van der Waals surface area contributed by atoms with Crippen LogP contribution in [0.2, 0.25) is 0 Å². The summed E-state index contributed by atoms with van der Waals surface area (Å²) in [6.07, 6.45) is 0. The third-order valence-electron chi connectivity index (χ3n) is 0.662. The Bertz CT molecular complexity index is 85.0. The number of carboxylic acids is 1. The van der Waals surface area contributed by atoms with Gasteiger partial charge in [-0.1, -0.05) is 13.8 Å². The van der Waals surface area contributed by atoms with Gasteiger partial charge < -0.3 is 10.4 Å². The molecule has 0 rings (SSSR count). The fraction of sp³-hybridized carbons (Fsp3) is 0.800. The van der Waals surface area contributed by atoms with E-state index in [0.717, 1.165) is 0 Å². The van der Waals surface area contributed by atoms with Gasteiger partial charge in [-0.3, -0.25) is 4.79 Å². The van der Waals surface area contributed by atoms with Crippen LogP contribution in [0.4, 0.5) is 0 Å². The average molecular weight is 156 g/mol. The monoisotopic (exact) mass is 156 g/mol. The van der Waals surface area contributed by atoms with Crippen LogP contribution in [0.5, 0.6) is 0 Å². The molecule has 0 spiro atoms. The van der Waals surface area contributed by atoms with Crippen molar-refractivity contribution in [2.24, 2.45) is 0 Å². The molecule has 0 aromatic carbocycles. The van der Waals surface area contributed by atoms with Crippen LogP contribution in [0.1, 0.15) is 13.8 Å². The SMILES string of the molecule is CC(C)NCC(=O)O.[K]. The smallest absolute Gasteiger partial charge is 0.317 e. The summed E-state index contributed by atoms with van der Waals surface area (Å²) in [6, 6.07) is 0.256. The van der Waals surface area contributed by atoms with Crippen molar-refractivity contribution in [3.63, 3.8) is 0 Å². The largest absolute Gasteiger partial charge is 0.480 e.